The first kappa shape index (κ1) is 22.9. The van der Waals surface area contributed by atoms with Gasteiger partial charge in [0.05, 0.1) is 5.75 Å². The maximum absolute atomic E-state index is 12.5. The standard InChI is InChI=1S/C24H30N4O2S/c1-7-28-23(19(6)30-20-12-15(2)11-16(3)13-20)26-27-24(28)31-14-21(29)25-22-17(4)9-8-10-18(22)5/h8-13,19H,7,14H2,1-6H3,(H,25,29). The van der Waals surface area contributed by atoms with E-state index >= 15 is 0 Å². The van der Waals surface area contributed by atoms with Gasteiger partial charge in [-0.15, -0.1) is 10.2 Å². The van der Waals surface area contributed by atoms with Gasteiger partial charge >= 0.3 is 0 Å². The summed E-state index contributed by atoms with van der Waals surface area (Å²) in [7, 11) is 0. The molecule has 3 aromatic rings. The average molecular weight is 439 g/mol. The number of carbonyl (C=O) groups is 1. The highest BCUT2D eigenvalue weighted by Crippen LogP contribution is 2.26. The highest BCUT2D eigenvalue weighted by molar-refractivity contribution is 7.99. The van der Waals surface area contributed by atoms with E-state index in [-0.39, 0.29) is 17.8 Å². The SMILES string of the molecule is CCn1c(SCC(=O)Nc2c(C)cccc2C)nnc1C(C)Oc1cc(C)cc(C)c1. The lowest BCUT2D eigenvalue weighted by molar-refractivity contribution is -0.113. The molecule has 0 aliphatic carbocycles. The molecule has 0 saturated heterocycles. The summed E-state index contributed by atoms with van der Waals surface area (Å²) in [5, 5.41) is 12.4. The van der Waals surface area contributed by atoms with E-state index in [0.29, 0.717) is 11.7 Å². The van der Waals surface area contributed by atoms with E-state index in [1.54, 1.807) is 0 Å². The minimum absolute atomic E-state index is 0.0610. The zero-order valence-electron chi connectivity index (χ0n) is 19.0. The smallest absolute Gasteiger partial charge is 0.234 e. The lowest BCUT2D eigenvalue weighted by atomic mass is 10.1. The van der Waals surface area contributed by atoms with Crippen molar-refractivity contribution in [1.29, 1.82) is 0 Å². The molecule has 1 unspecified atom stereocenters. The largest absolute Gasteiger partial charge is 0.483 e. The van der Waals surface area contributed by atoms with Gasteiger partial charge in [-0.3, -0.25) is 4.79 Å². The molecule has 1 aromatic heterocycles. The first-order chi connectivity index (χ1) is 14.8. The van der Waals surface area contributed by atoms with Gasteiger partial charge in [0, 0.05) is 12.2 Å². The number of carbonyl (C=O) groups excluding carboxylic acids is 1. The molecule has 0 radical (unpaired) electrons. The Morgan fingerprint density at radius 1 is 1.10 bits per heavy atom. The van der Waals surface area contributed by atoms with Crippen LogP contribution in [0.1, 0.15) is 48.0 Å². The van der Waals surface area contributed by atoms with Crippen LogP contribution in [-0.4, -0.2) is 26.4 Å². The van der Waals surface area contributed by atoms with Gasteiger partial charge < -0.3 is 14.6 Å². The second-order valence-corrected chi connectivity index (χ2v) is 8.71. The Hall–Kier alpha value is -2.80. The van der Waals surface area contributed by atoms with Crippen molar-refractivity contribution in [3.8, 4) is 5.75 Å². The van der Waals surface area contributed by atoms with Crippen molar-refractivity contribution >= 4 is 23.4 Å². The Morgan fingerprint density at radius 2 is 1.74 bits per heavy atom. The second-order valence-electron chi connectivity index (χ2n) is 7.77. The summed E-state index contributed by atoms with van der Waals surface area (Å²) in [5.74, 6) is 1.77. The highest BCUT2D eigenvalue weighted by atomic mass is 32.2. The predicted molar refractivity (Wildman–Crippen MR) is 126 cm³/mol. The van der Waals surface area contributed by atoms with E-state index in [0.717, 1.165) is 39.5 Å². The minimum Gasteiger partial charge on any atom is -0.483 e. The third-order valence-electron chi connectivity index (χ3n) is 5.01. The molecule has 0 aliphatic heterocycles. The van der Waals surface area contributed by atoms with Crippen LogP contribution in [0, 0.1) is 27.7 Å². The van der Waals surface area contributed by atoms with Crippen LogP contribution in [0.5, 0.6) is 5.75 Å². The van der Waals surface area contributed by atoms with Gasteiger partial charge in [0.15, 0.2) is 17.1 Å². The number of benzene rings is 2. The third-order valence-corrected chi connectivity index (χ3v) is 5.98. The number of aryl methyl sites for hydroxylation is 4. The summed E-state index contributed by atoms with van der Waals surface area (Å²) in [6.45, 7) is 12.8. The lowest BCUT2D eigenvalue weighted by Gasteiger charge is -2.16. The maximum atomic E-state index is 12.5. The number of nitrogens with one attached hydrogen (secondary N) is 1. The van der Waals surface area contributed by atoms with E-state index in [2.05, 4.69) is 35.4 Å². The van der Waals surface area contributed by atoms with Crippen molar-refractivity contribution in [1.82, 2.24) is 14.8 Å². The number of hydrogen-bond donors (Lipinski definition) is 1. The number of amides is 1. The second kappa shape index (κ2) is 10.0. The molecule has 7 heteroatoms. The van der Waals surface area contributed by atoms with Gasteiger partial charge in [0.1, 0.15) is 5.75 Å². The Morgan fingerprint density at radius 3 is 2.35 bits per heavy atom. The Bertz CT molecular complexity index is 1040. The summed E-state index contributed by atoms with van der Waals surface area (Å²) >= 11 is 1.38. The third kappa shape index (κ3) is 5.67. The first-order valence-corrected chi connectivity index (χ1v) is 11.4. The van der Waals surface area contributed by atoms with Gasteiger partial charge in [0.2, 0.25) is 5.91 Å². The van der Waals surface area contributed by atoms with Crippen LogP contribution in [0.2, 0.25) is 0 Å². The van der Waals surface area contributed by atoms with E-state index in [9.17, 15) is 4.79 Å². The topological polar surface area (TPSA) is 69.0 Å². The fraction of sp³-hybridized carbons (Fsp3) is 0.375. The summed E-state index contributed by atoms with van der Waals surface area (Å²) in [6, 6.07) is 12.1. The van der Waals surface area contributed by atoms with Crippen LogP contribution in [-0.2, 0) is 11.3 Å². The maximum Gasteiger partial charge on any atom is 0.234 e. The first-order valence-electron chi connectivity index (χ1n) is 10.5. The van der Waals surface area contributed by atoms with Crippen LogP contribution in [0.25, 0.3) is 0 Å². The number of anilines is 1. The molecule has 2 aromatic carbocycles. The van der Waals surface area contributed by atoms with Crippen LogP contribution in [0.3, 0.4) is 0 Å². The molecule has 0 spiro atoms. The molecule has 0 bridgehead atoms. The summed E-state index contributed by atoms with van der Waals surface area (Å²) in [5.41, 5.74) is 5.29. The summed E-state index contributed by atoms with van der Waals surface area (Å²) in [6.07, 6.45) is -0.258. The van der Waals surface area contributed by atoms with Crippen molar-refractivity contribution in [3.63, 3.8) is 0 Å². The molecule has 0 fully saturated rings. The number of hydrogen-bond acceptors (Lipinski definition) is 5. The molecular weight excluding hydrogens is 408 g/mol. The van der Waals surface area contributed by atoms with Gasteiger partial charge in [-0.2, -0.15) is 0 Å². The van der Waals surface area contributed by atoms with Crippen LogP contribution >= 0.6 is 11.8 Å². The molecule has 164 valence electrons. The number of nitrogens with zero attached hydrogens (tertiary/aromatic N) is 3. The van der Waals surface area contributed by atoms with E-state index in [1.165, 1.54) is 11.8 Å². The molecule has 31 heavy (non-hydrogen) atoms. The summed E-state index contributed by atoms with van der Waals surface area (Å²) in [4.78, 5) is 12.5. The minimum atomic E-state index is -0.258. The van der Waals surface area contributed by atoms with E-state index in [1.807, 2.05) is 62.6 Å². The fourth-order valence-electron chi connectivity index (χ4n) is 3.58. The number of thioether (sulfide) groups is 1. The van der Waals surface area contributed by atoms with Crippen LogP contribution in [0.15, 0.2) is 41.6 Å². The molecule has 3 rings (SSSR count). The molecule has 1 heterocycles. The molecule has 0 saturated carbocycles. The quantitative estimate of drug-likeness (QED) is 0.477. The highest BCUT2D eigenvalue weighted by Gasteiger charge is 2.20. The molecule has 6 nitrogen and oxygen atoms in total. The van der Waals surface area contributed by atoms with E-state index in [4.69, 9.17) is 4.74 Å². The lowest BCUT2D eigenvalue weighted by Crippen LogP contribution is -2.16. The Kier molecular flexibility index (Phi) is 7.38. The van der Waals surface area contributed by atoms with Gasteiger partial charge in [0.25, 0.3) is 0 Å². The number of ether oxygens (including phenoxy) is 1. The normalized spacial score (nSPS) is 11.9. The monoisotopic (exact) mass is 438 g/mol. The van der Waals surface area contributed by atoms with Crippen molar-refractivity contribution in [2.45, 2.75) is 59.3 Å². The van der Waals surface area contributed by atoms with Crippen molar-refractivity contribution in [2.24, 2.45) is 0 Å². The van der Waals surface area contributed by atoms with Crippen molar-refractivity contribution < 1.29 is 9.53 Å². The zero-order valence-corrected chi connectivity index (χ0v) is 19.8. The fourth-order valence-corrected chi connectivity index (χ4v) is 4.39. The predicted octanol–water partition coefficient (Wildman–Crippen LogP) is 5.40. The van der Waals surface area contributed by atoms with Crippen molar-refractivity contribution in [2.75, 3.05) is 11.1 Å². The number of aromatic nitrogens is 3. The van der Waals surface area contributed by atoms with Crippen LogP contribution < -0.4 is 10.1 Å². The van der Waals surface area contributed by atoms with Gasteiger partial charge in [-0.1, -0.05) is 36.0 Å². The Balaban J connectivity index is 1.67. The zero-order chi connectivity index (χ0) is 22.5. The van der Waals surface area contributed by atoms with Crippen molar-refractivity contribution in [3.05, 3.63) is 64.5 Å². The van der Waals surface area contributed by atoms with E-state index < -0.39 is 0 Å². The molecular formula is C24H30N4O2S. The van der Waals surface area contributed by atoms with Gasteiger partial charge in [-0.25, -0.2) is 0 Å². The Labute approximate surface area is 188 Å². The van der Waals surface area contributed by atoms with Gasteiger partial charge in [-0.05, 0) is 75.9 Å². The average Bonchev–Trinajstić information content (AvgIpc) is 3.11. The molecule has 1 atom stereocenters. The molecule has 1 N–H and O–H groups in total. The molecule has 0 aliphatic rings. The number of rotatable bonds is 8. The molecule has 1 amide bonds. The van der Waals surface area contributed by atoms with Crippen LogP contribution in [0.4, 0.5) is 5.69 Å². The summed E-state index contributed by atoms with van der Waals surface area (Å²) < 4.78 is 8.14. The number of para-hydroxylation sites is 1.